The maximum Gasteiger partial charge on any atom is 0.300 e. The van der Waals surface area contributed by atoms with Crippen molar-refractivity contribution in [2.75, 3.05) is 0 Å². The fraction of sp³-hybridized carbons (Fsp3) is 0.214. The number of aliphatic hydroxyl groups is 1. The molecule has 4 N–H and O–H groups in total. The van der Waals surface area contributed by atoms with E-state index in [0.717, 1.165) is 5.56 Å². The molecule has 0 aliphatic rings. The van der Waals surface area contributed by atoms with E-state index >= 15 is 0 Å². The van der Waals surface area contributed by atoms with Crippen molar-refractivity contribution in [2.24, 2.45) is 5.84 Å². The molecule has 0 bridgehead atoms. The zero-order chi connectivity index (χ0) is 14.5. The van der Waals surface area contributed by atoms with Crippen LogP contribution in [0.25, 0.3) is 0 Å². The average Bonchev–Trinajstić information content (AvgIpc) is 2.85. The molecule has 0 aliphatic carbocycles. The van der Waals surface area contributed by atoms with Crippen LogP contribution in [0, 0.1) is 6.92 Å². The van der Waals surface area contributed by atoms with Gasteiger partial charge in [-0.1, -0.05) is 18.2 Å². The van der Waals surface area contributed by atoms with Gasteiger partial charge in [-0.2, -0.15) is 0 Å². The van der Waals surface area contributed by atoms with Gasteiger partial charge < -0.3 is 14.3 Å². The number of carbonyl (C=O) groups excluding carboxylic acids is 1. The van der Waals surface area contributed by atoms with Crippen LogP contribution in [0.2, 0.25) is 0 Å². The molecule has 0 radical (unpaired) electrons. The Morgan fingerprint density at radius 1 is 1.40 bits per heavy atom. The number of hydrogen-bond donors (Lipinski definition) is 3. The number of benzene rings is 1. The lowest BCUT2D eigenvalue weighted by molar-refractivity contribution is 0.0924. The smallest absolute Gasteiger partial charge is 0.300 e. The number of nitrogens with one attached hydrogen (secondary N) is 1. The van der Waals surface area contributed by atoms with Gasteiger partial charge in [-0.25, -0.2) is 5.84 Å². The number of para-hydroxylation sites is 1. The summed E-state index contributed by atoms with van der Waals surface area (Å²) in [5, 5.41) is 9.21. The molecule has 1 amide bonds. The first kappa shape index (κ1) is 14.1. The highest BCUT2D eigenvalue weighted by Crippen LogP contribution is 2.21. The fourth-order valence-corrected chi connectivity index (χ4v) is 1.78. The Bertz CT molecular complexity index is 607. The molecule has 1 aromatic carbocycles. The maximum atomic E-state index is 11.3. The lowest BCUT2D eigenvalue weighted by atomic mass is 10.2. The summed E-state index contributed by atoms with van der Waals surface area (Å²) in [6.45, 7) is 1.88. The number of aliphatic hydroxyl groups excluding tert-OH is 1. The van der Waals surface area contributed by atoms with E-state index < -0.39 is 5.91 Å². The van der Waals surface area contributed by atoms with Gasteiger partial charge in [-0.3, -0.25) is 10.2 Å². The Kier molecular flexibility index (Phi) is 4.39. The molecule has 0 fully saturated rings. The molecular weight excluding hydrogens is 260 g/mol. The zero-order valence-corrected chi connectivity index (χ0v) is 11.1. The van der Waals surface area contributed by atoms with Gasteiger partial charge >= 0.3 is 5.91 Å². The highest BCUT2D eigenvalue weighted by molar-refractivity contribution is 5.91. The predicted molar refractivity (Wildman–Crippen MR) is 71.8 cm³/mol. The van der Waals surface area contributed by atoms with Crippen LogP contribution >= 0.6 is 0 Å². The molecule has 0 saturated heterocycles. The molecule has 2 rings (SSSR count). The van der Waals surface area contributed by atoms with Crippen LogP contribution in [0.15, 0.2) is 34.7 Å². The van der Waals surface area contributed by atoms with E-state index in [9.17, 15) is 9.90 Å². The number of aryl methyl sites for hydroxylation is 1. The van der Waals surface area contributed by atoms with E-state index in [2.05, 4.69) is 0 Å². The van der Waals surface area contributed by atoms with Crippen molar-refractivity contribution in [3.8, 4) is 5.75 Å². The molecule has 6 heteroatoms. The van der Waals surface area contributed by atoms with Crippen LogP contribution in [-0.2, 0) is 13.2 Å². The molecule has 0 aliphatic heterocycles. The normalized spacial score (nSPS) is 10.3. The van der Waals surface area contributed by atoms with E-state index in [-0.39, 0.29) is 19.0 Å². The number of amides is 1. The number of nitrogen functional groups attached to an aromatic ring is 1. The molecule has 20 heavy (non-hydrogen) atoms. The monoisotopic (exact) mass is 276 g/mol. The van der Waals surface area contributed by atoms with Crippen LogP contribution < -0.4 is 16.0 Å². The highest BCUT2D eigenvalue weighted by atomic mass is 16.5. The van der Waals surface area contributed by atoms with Crippen molar-refractivity contribution in [3.05, 3.63) is 53.0 Å². The zero-order valence-electron chi connectivity index (χ0n) is 11.1. The molecule has 1 aromatic heterocycles. The number of nitrogens with two attached hydrogens (primary N) is 1. The number of carbonyl (C=O) groups is 1. The lowest BCUT2D eigenvalue weighted by Gasteiger charge is -2.09. The average molecular weight is 276 g/mol. The summed E-state index contributed by atoms with van der Waals surface area (Å²) in [6, 6.07) is 8.79. The van der Waals surface area contributed by atoms with E-state index in [1.165, 1.54) is 0 Å². The Morgan fingerprint density at radius 2 is 2.15 bits per heavy atom. The minimum Gasteiger partial charge on any atom is -0.488 e. The predicted octanol–water partition coefficient (Wildman–Crippen LogP) is 1.26. The van der Waals surface area contributed by atoms with Crippen LogP contribution in [-0.4, -0.2) is 11.0 Å². The van der Waals surface area contributed by atoms with Crippen LogP contribution in [0.4, 0.5) is 0 Å². The first-order chi connectivity index (χ1) is 9.65. The van der Waals surface area contributed by atoms with Gasteiger partial charge in [0.1, 0.15) is 18.1 Å². The van der Waals surface area contributed by atoms with Crippen molar-refractivity contribution >= 4 is 5.91 Å². The summed E-state index contributed by atoms with van der Waals surface area (Å²) < 4.78 is 10.9. The van der Waals surface area contributed by atoms with Crippen molar-refractivity contribution < 1.29 is 19.1 Å². The SMILES string of the molecule is Cc1oc(C(=O)NN)cc1COc1ccccc1CO. The summed E-state index contributed by atoms with van der Waals surface area (Å²) in [6.07, 6.45) is 0. The summed E-state index contributed by atoms with van der Waals surface area (Å²) >= 11 is 0. The number of rotatable bonds is 5. The topological polar surface area (TPSA) is 97.7 Å². The third kappa shape index (κ3) is 2.98. The van der Waals surface area contributed by atoms with Crippen LogP contribution in [0.3, 0.4) is 0 Å². The van der Waals surface area contributed by atoms with Crippen molar-refractivity contribution in [3.63, 3.8) is 0 Å². The van der Waals surface area contributed by atoms with E-state index in [0.29, 0.717) is 17.1 Å². The van der Waals surface area contributed by atoms with Crippen molar-refractivity contribution in [2.45, 2.75) is 20.1 Å². The quantitative estimate of drug-likeness (QED) is 0.434. The van der Waals surface area contributed by atoms with Gasteiger partial charge in [0.15, 0.2) is 5.76 Å². The maximum absolute atomic E-state index is 11.3. The second-order valence-corrected chi connectivity index (χ2v) is 4.22. The molecule has 0 unspecified atom stereocenters. The van der Waals surface area contributed by atoms with E-state index in [1.54, 1.807) is 25.1 Å². The number of furan rings is 1. The molecule has 0 saturated carbocycles. The number of hydrazine groups is 1. The highest BCUT2D eigenvalue weighted by Gasteiger charge is 2.14. The van der Waals surface area contributed by atoms with Crippen LogP contribution in [0.5, 0.6) is 5.75 Å². The second-order valence-electron chi connectivity index (χ2n) is 4.22. The first-order valence-corrected chi connectivity index (χ1v) is 6.07. The van der Waals surface area contributed by atoms with Gasteiger partial charge in [0.2, 0.25) is 0 Å². The van der Waals surface area contributed by atoms with Gasteiger partial charge in [-0.05, 0) is 19.1 Å². The Balaban J connectivity index is 2.11. The van der Waals surface area contributed by atoms with E-state index in [4.69, 9.17) is 15.0 Å². The minimum atomic E-state index is -0.491. The van der Waals surface area contributed by atoms with Gasteiger partial charge in [0.05, 0.1) is 6.61 Å². The Hall–Kier alpha value is -2.31. The molecule has 0 atom stereocenters. The lowest BCUT2D eigenvalue weighted by Crippen LogP contribution is -2.29. The number of ether oxygens (including phenoxy) is 1. The Morgan fingerprint density at radius 3 is 2.85 bits per heavy atom. The fourth-order valence-electron chi connectivity index (χ4n) is 1.78. The molecule has 0 spiro atoms. The second kappa shape index (κ2) is 6.23. The molecule has 1 heterocycles. The molecule has 6 nitrogen and oxygen atoms in total. The van der Waals surface area contributed by atoms with Crippen molar-refractivity contribution in [1.29, 1.82) is 0 Å². The molecular formula is C14H16N2O4. The van der Waals surface area contributed by atoms with Gasteiger partial charge in [0.25, 0.3) is 0 Å². The summed E-state index contributed by atoms with van der Waals surface area (Å²) in [7, 11) is 0. The van der Waals surface area contributed by atoms with Gasteiger partial charge in [0, 0.05) is 11.1 Å². The third-order valence-electron chi connectivity index (χ3n) is 2.90. The largest absolute Gasteiger partial charge is 0.488 e. The van der Waals surface area contributed by atoms with Crippen LogP contribution in [0.1, 0.15) is 27.4 Å². The number of hydrogen-bond acceptors (Lipinski definition) is 5. The standard InChI is InChI=1S/C14H16N2O4/c1-9-11(6-13(20-9)14(18)16-15)8-19-12-5-3-2-4-10(12)7-17/h2-6,17H,7-8,15H2,1H3,(H,16,18). The third-order valence-corrected chi connectivity index (χ3v) is 2.90. The molecule has 2 aromatic rings. The van der Waals surface area contributed by atoms with Crippen molar-refractivity contribution in [1.82, 2.24) is 5.43 Å². The van der Waals surface area contributed by atoms with E-state index in [1.807, 2.05) is 17.6 Å². The summed E-state index contributed by atoms with van der Waals surface area (Å²) in [4.78, 5) is 11.3. The minimum absolute atomic E-state index is 0.0959. The summed E-state index contributed by atoms with van der Waals surface area (Å²) in [5.74, 6) is 5.88. The molecule has 106 valence electrons. The Labute approximate surface area is 116 Å². The summed E-state index contributed by atoms with van der Waals surface area (Å²) in [5.41, 5.74) is 3.46. The van der Waals surface area contributed by atoms with Gasteiger partial charge in [-0.15, -0.1) is 0 Å². The first-order valence-electron chi connectivity index (χ1n) is 6.07.